The van der Waals surface area contributed by atoms with Crippen LogP contribution in [0.15, 0.2) is 41.3 Å². The molecule has 1 aliphatic rings. The largest absolute Gasteiger partial charge is 1.00 e. The van der Waals surface area contributed by atoms with E-state index in [9.17, 15) is 4.91 Å². The summed E-state index contributed by atoms with van der Waals surface area (Å²) in [6, 6.07) is 0. The molecule has 0 radical (unpaired) electrons. The molecule has 1 aliphatic carbocycles. The van der Waals surface area contributed by atoms with E-state index in [1.807, 2.05) is 24.3 Å². The Kier molecular flexibility index (Phi) is 3.20. The molecule has 0 aromatic heterocycles. The number of rotatable bonds is 1. The van der Waals surface area contributed by atoms with Gasteiger partial charge in [0.1, 0.15) is 0 Å². The van der Waals surface area contributed by atoms with Crippen molar-refractivity contribution in [2.45, 2.75) is 0 Å². The maximum atomic E-state index is 9.57. The SMILES string of the molecule is O=NC=C1C=CC=C1.[F-]. The van der Waals surface area contributed by atoms with Crippen molar-refractivity contribution < 1.29 is 4.70 Å². The summed E-state index contributed by atoms with van der Waals surface area (Å²) in [6.45, 7) is 0. The fourth-order valence-electron chi connectivity index (χ4n) is 0.536. The third-order valence-electron chi connectivity index (χ3n) is 0.890. The van der Waals surface area contributed by atoms with Crippen LogP contribution < -0.4 is 4.70 Å². The molecule has 0 aromatic rings. The first kappa shape index (κ1) is 7.75. The van der Waals surface area contributed by atoms with Crippen LogP contribution in [0.3, 0.4) is 0 Å². The molecule has 0 aliphatic heterocycles. The van der Waals surface area contributed by atoms with E-state index >= 15 is 0 Å². The Morgan fingerprint density at radius 3 is 2.33 bits per heavy atom. The average Bonchev–Trinajstić information content (AvgIpc) is 2.19. The van der Waals surface area contributed by atoms with Crippen molar-refractivity contribution in [3.05, 3.63) is 41.0 Å². The summed E-state index contributed by atoms with van der Waals surface area (Å²) in [7, 11) is 0. The lowest BCUT2D eigenvalue weighted by molar-refractivity contribution is -0.00000161. The molecular formula is C6H5FNO-. The van der Waals surface area contributed by atoms with Gasteiger partial charge in [-0.05, 0) is 10.7 Å². The van der Waals surface area contributed by atoms with E-state index < -0.39 is 0 Å². The monoisotopic (exact) mass is 126 g/mol. The molecular weight excluding hydrogens is 121 g/mol. The molecule has 0 atom stereocenters. The quantitative estimate of drug-likeness (QED) is 0.404. The van der Waals surface area contributed by atoms with Crippen molar-refractivity contribution in [3.63, 3.8) is 0 Å². The Morgan fingerprint density at radius 2 is 1.89 bits per heavy atom. The van der Waals surface area contributed by atoms with Crippen LogP contribution in [-0.2, 0) is 0 Å². The zero-order valence-corrected chi connectivity index (χ0v) is 4.62. The van der Waals surface area contributed by atoms with Gasteiger partial charge in [-0.25, -0.2) is 0 Å². The van der Waals surface area contributed by atoms with Gasteiger partial charge in [0.2, 0.25) is 0 Å². The van der Waals surface area contributed by atoms with E-state index in [2.05, 4.69) is 5.18 Å². The molecule has 0 amide bonds. The minimum atomic E-state index is 0. The summed E-state index contributed by atoms with van der Waals surface area (Å²) in [5, 5.41) is 2.60. The van der Waals surface area contributed by atoms with E-state index in [-0.39, 0.29) is 4.70 Å². The van der Waals surface area contributed by atoms with Crippen molar-refractivity contribution in [2.75, 3.05) is 0 Å². The summed E-state index contributed by atoms with van der Waals surface area (Å²) in [5.41, 5.74) is 0.861. The van der Waals surface area contributed by atoms with E-state index in [0.717, 1.165) is 5.57 Å². The van der Waals surface area contributed by atoms with Crippen LogP contribution in [0.1, 0.15) is 0 Å². The van der Waals surface area contributed by atoms with Gasteiger partial charge in [0.15, 0.2) is 0 Å². The van der Waals surface area contributed by atoms with Crippen LogP contribution in [0.25, 0.3) is 0 Å². The predicted molar refractivity (Wildman–Crippen MR) is 32.2 cm³/mol. The summed E-state index contributed by atoms with van der Waals surface area (Å²) < 4.78 is 0. The van der Waals surface area contributed by atoms with Crippen LogP contribution in [0.5, 0.6) is 0 Å². The Labute approximate surface area is 51.9 Å². The second-order valence-corrected chi connectivity index (χ2v) is 1.45. The highest BCUT2D eigenvalue weighted by Gasteiger charge is 1.87. The van der Waals surface area contributed by atoms with Crippen molar-refractivity contribution >= 4 is 0 Å². The highest BCUT2D eigenvalue weighted by Crippen LogP contribution is 2.05. The zero-order chi connectivity index (χ0) is 5.82. The lowest BCUT2D eigenvalue weighted by Crippen LogP contribution is -3.00. The molecule has 0 saturated heterocycles. The Morgan fingerprint density at radius 1 is 1.33 bits per heavy atom. The first-order valence-electron chi connectivity index (χ1n) is 2.31. The van der Waals surface area contributed by atoms with E-state index in [4.69, 9.17) is 0 Å². The molecule has 0 fully saturated rings. The molecule has 0 N–H and O–H groups in total. The number of nitrogens with zero attached hydrogens (tertiary/aromatic N) is 1. The Balaban J connectivity index is 0.000000640. The Hall–Kier alpha value is -1.25. The lowest BCUT2D eigenvalue weighted by atomic mass is 10.3. The number of hydrogen-bond donors (Lipinski definition) is 0. The van der Waals surface area contributed by atoms with Gasteiger partial charge in [0.25, 0.3) is 0 Å². The van der Waals surface area contributed by atoms with Gasteiger partial charge in [-0.2, -0.15) is 0 Å². The molecule has 0 saturated carbocycles. The van der Waals surface area contributed by atoms with Gasteiger partial charge in [0.05, 0.1) is 6.20 Å². The third-order valence-corrected chi connectivity index (χ3v) is 0.890. The van der Waals surface area contributed by atoms with Gasteiger partial charge in [-0.3, -0.25) is 0 Å². The topological polar surface area (TPSA) is 29.4 Å². The average molecular weight is 126 g/mol. The molecule has 0 heterocycles. The normalized spacial score (nSPS) is 13.1. The minimum Gasteiger partial charge on any atom is -1.00 e. The smallest absolute Gasteiger partial charge is 0.0787 e. The van der Waals surface area contributed by atoms with Crippen LogP contribution in [-0.4, -0.2) is 0 Å². The van der Waals surface area contributed by atoms with Gasteiger partial charge in [0, 0.05) is 0 Å². The van der Waals surface area contributed by atoms with Gasteiger partial charge < -0.3 is 4.70 Å². The van der Waals surface area contributed by atoms with Gasteiger partial charge in [-0.1, -0.05) is 24.3 Å². The minimum absolute atomic E-state index is 0. The van der Waals surface area contributed by atoms with Crippen LogP contribution in [0.2, 0.25) is 0 Å². The summed E-state index contributed by atoms with van der Waals surface area (Å²) in [5.74, 6) is 0. The first-order chi connectivity index (χ1) is 3.93. The van der Waals surface area contributed by atoms with Gasteiger partial charge >= 0.3 is 0 Å². The van der Waals surface area contributed by atoms with Crippen LogP contribution in [0, 0.1) is 4.91 Å². The molecule has 0 bridgehead atoms. The molecule has 0 aromatic carbocycles. The Bertz CT molecular complexity index is 167. The van der Waals surface area contributed by atoms with E-state index in [1.54, 1.807) is 0 Å². The highest BCUT2D eigenvalue weighted by molar-refractivity contribution is 5.39. The van der Waals surface area contributed by atoms with Crippen molar-refractivity contribution in [1.29, 1.82) is 0 Å². The third kappa shape index (κ3) is 1.99. The number of halogens is 1. The van der Waals surface area contributed by atoms with Crippen molar-refractivity contribution in [2.24, 2.45) is 5.18 Å². The predicted octanol–water partition coefficient (Wildman–Crippen LogP) is -1.23. The fraction of sp³-hybridized carbons (Fsp3) is 0. The molecule has 2 nitrogen and oxygen atoms in total. The standard InChI is InChI=1S/C6H5NO.FH/c8-7-5-6-3-1-2-4-6;/h1-5H;1H/p-1. The van der Waals surface area contributed by atoms with E-state index in [0.29, 0.717) is 0 Å². The molecule has 1 rings (SSSR count). The number of nitroso groups, excluding NO2 is 1. The van der Waals surface area contributed by atoms with Crippen LogP contribution in [0.4, 0.5) is 0 Å². The lowest BCUT2D eigenvalue weighted by Gasteiger charge is -1.76. The molecule has 9 heavy (non-hydrogen) atoms. The molecule has 0 unspecified atom stereocenters. The fourth-order valence-corrected chi connectivity index (χ4v) is 0.536. The maximum Gasteiger partial charge on any atom is 0.0787 e. The summed E-state index contributed by atoms with van der Waals surface area (Å²) in [4.78, 5) is 9.57. The molecule has 3 heteroatoms. The second kappa shape index (κ2) is 3.72. The van der Waals surface area contributed by atoms with Gasteiger partial charge in [-0.15, -0.1) is 4.91 Å². The summed E-state index contributed by atoms with van der Waals surface area (Å²) in [6.07, 6.45) is 8.64. The number of allylic oxidation sites excluding steroid dienone is 5. The zero-order valence-electron chi connectivity index (χ0n) is 4.62. The van der Waals surface area contributed by atoms with Crippen LogP contribution >= 0.6 is 0 Å². The second-order valence-electron chi connectivity index (χ2n) is 1.45. The van der Waals surface area contributed by atoms with E-state index in [1.165, 1.54) is 6.20 Å². The highest BCUT2D eigenvalue weighted by atomic mass is 19.0. The van der Waals surface area contributed by atoms with Crippen molar-refractivity contribution in [3.8, 4) is 0 Å². The van der Waals surface area contributed by atoms with Crippen molar-refractivity contribution in [1.82, 2.24) is 0 Å². The molecule has 0 spiro atoms. The number of hydrogen-bond acceptors (Lipinski definition) is 2. The first-order valence-corrected chi connectivity index (χ1v) is 2.31. The summed E-state index contributed by atoms with van der Waals surface area (Å²) >= 11 is 0. The molecule has 48 valence electrons. The maximum absolute atomic E-state index is 9.57.